The van der Waals surface area contributed by atoms with E-state index in [-0.39, 0.29) is 18.1 Å². The van der Waals surface area contributed by atoms with Gasteiger partial charge in [0.2, 0.25) is 0 Å². The Kier molecular flexibility index (Phi) is 8.12. The average molecular weight is 523 g/mol. The maximum absolute atomic E-state index is 13.1. The Morgan fingerprint density at radius 2 is 1.75 bits per heavy atom. The van der Waals surface area contributed by atoms with Gasteiger partial charge in [0.05, 0.1) is 11.3 Å². The van der Waals surface area contributed by atoms with Gasteiger partial charge in [0.15, 0.2) is 5.84 Å². The molecule has 0 amide bonds. The minimum Gasteiger partial charge on any atom is -0.353 e. The summed E-state index contributed by atoms with van der Waals surface area (Å²) in [6.45, 7) is 6.79. The normalized spacial score (nSPS) is 21.8. The van der Waals surface area contributed by atoms with Crippen LogP contribution in [0, 0.1) is 0 Å². The molecule has 10 heteroatoms. The standard InChI is InChI=1S/C26H34ClF3N6/c1-4-19-15-36(25-24-22(34(3)16-32-25)10-11-23(27)33-24)20(5-2)14-35(19)21(12-13-31)17-6-8-18(9-7-17)26(28,29)30/h6-11,19-21H,4-5,12-16,31H2,1-3H3/t19-,20+,21?/m1/s1. The molecule has 1 fully saturated rings. The smallest absolute Gasteiger partial charge is 0.353 e. The van der Waals surface area contributed by atoms with Crippen LogP contribution in [-0.4, -0.2) is 66.1 Å². The topological polar surface area (TPSA) is 61.0 Å². The molecule has 0 aliphatic carbocycles. The monoisotopic (exact) mass is 522 g/mol. The molecule has 3 atom stereocenters. The number of hydrogen-bond acceptors (Lipinski definition) is 6. The predicted molar refractivity (Wildman–Crippen MR) is 138 cm³/mol. The first kappa shape index (κ1) is 26.7. The largest absolute Gasteiger partial charge is 0.416 e. The van der Waals surface area contributed by atoms with Gasteiger partial charge in [-0.1, -0.05) is 37.6 Å². The number of aliphatic imine (C=N–C) groups is 1. The highest BCUT2D eigenvalue weighted by atomic mass is 35.5. The number of aromatic nitrogens is 1. The fourth-order valence-electron chi connectivity index (χ4n) is 5.35. The van der Waals surface area contributed by atoms with Crippen molar-refractivity contribution in [3.8, 4) is 0 Å². The van der Waals surface area contributed by atoms with Crippen LogP contribution in [0.4, 0.5) is 18.9 Å². The van der Waals surface area contributed by atoms with Gasteiger partial charge in [-0.3, -0.25) is 4.90 Å². The van der Waals surface area contributed by atoms with E-state index in [0.717, 1.165) is 48.7 Å². The molecule has 0 spiro atoms. The van der Waals surface area contributed by atoms with Gasteiger partial charge in [0.25, 0.3) is 0 Å². The van der Waals surface area contributed by atoms with Crippen LogP contribution in [0.1, 0.15) is 56.0 Å². The number of rotatable bonds is 6. The van der Waals surface area contributed by atoms with Crippen molar-refractivity contribution in [3.05, 3.63) is 58.4 Å². The van der Waals surface area contributed by atoms with E-state index < -0.39 is 11.7 Å². The van der Waals surface area contributed by atoms with Gasteiger partial charge < -0.3 is 15.5 Å². The summed E-state index contributed by atoms with van der Waals surface area (Å²) in [6.07, 6.45) is -1.91. The third kappa shape index (κ3) is 5.33. The second-order valence-electron chi connectivity index (χ2n) is 9.51. The van der Waals surface area contributed by atoms with E-state index in [1.807, 2.05) is 13.1 Å². The number of alkyl halides is 3. The van der Waals surface area contributed by atoms with Crippen LogP contribution in [0.3, 0.4) is 0 Å². The van der Waals surface area contributed by atoms with E-state index in [9.17, 15) is 13.2 Å². The molecule has 2 aromatic rings. The molecular weight excluding hydrogens is 489 g/mol. The van der Waals surface area contributed by atoms with Crippen LogP contribution in [0.15, 0.2) is 41.4 Å². The summed E-state index contributed by atoms with van der Waals surface area (Å²) in [5, 5.41) is 0.431. The fraction of sp³-hybridized carbons (Fsp3) is 0.538. The zero-order valence-electron chi connectivity index (χ0n) is 21.0. The van der Waals surface area contributed by atoms with Crippen LogP contribution in [0.2, 0.25) is 5.15 Å². The van der Waals surface area contributed by atoms with E-state index in [1.165, 1.54) is 12.1 Å². The lowest BCUT2D eigenvalue weighted by atomic mass is 9.93. The van der Waals surface area contributed by atoms with Crippen molar-refractivity contribution in [2.75, 3.05) is 38.3 Å². The number of amidine groups is 1. The molecule has 1 aromatic carbocycles. The average Bonchev–Trinajstić information content (AvgIpc) is 2.86. The minimum atomic E-state index is -4.35. The predicted octanol–water partition coefficient (Wildman–Crippen LogP) is 5.17. The van der Waals surface area contributed by atoms with E-state index in [0.29, 0.717) is 24.8 Å². The lowest BCUT2D eigenvalue weighted by Gasteiger charge is -2.50. The number of nitrogens with zero attached hydrogens (tertiary/aromatic N) is 5. The van der Waals surface area contributed by atoms with Gasteiger partial charge in [-0.2, -0.15) is 13.2 Å². The molecule has 1 aromatic heterocycles. The lowest BCUT2D eigenvalue weighted by Crippen LogP contribution is -2.61. The molecule has 0 saturated carbocycles. The van der Waals surface area contributed by atoms with Crippen LogP contribution in [-0.2, 0) is 6.18 Å². The number of benzene rings is 1. The van der Waals surface area contributed by atoms with Crippen LogP contribution in [0.25, 0.3) is 0 Å². The van der Waals surface area contributed by atoms with E-state index in [1.54, 1.807) is 18.2 Å². The Morgan fingerprint density at radius 1 is 1.06 bits per heavy atom. The maximum atomic E-state index is 13.1. The first-order valence-corrected chi connectivity index (χ1v) is 12.9. The Morgan fingerprint density at radius 3 is 2.36 bits per heavy atom. The first-order valence-electron chi connectivity index (χ1n) is 12.5. The van der Waals surface area contributed by atoms with Gasteiger partial charge in [-0.15, -0.1) is 0 Å². The minimum absolute atomic E-state index is 0.0577. The van der Waals surface area contributed by atoms with Crippen molar-refractivity contribution in [1.29, 1.82) is 0 Å². The van der Waals surface area contributed by atoms with Crippen LogP contribution >= 0.6 is 11.6 Å². The fourth-order valence-corrected chi connectivity index (χ4v) is 5.50. The highest BCUT2D eigenvalue weighted by molar-refractivity contribution is 6.29. The van der Waals surface area contributed by atoms with Gasteiger partial charge in [-0.05, 0) is 55.6 Å². The molecule has 4 rings (SSSR count). The maximum Gasteiger partial charge on any atom is 0.416 e. The number of piperazine rings is 1. The molecule has 2 aliphatic rings. The zero-order valence-corrected chi connectivity index (χ0v) is 21.7. The van der Waals surface area contributed by atoms with E-state index in [4.69, 9.17) is 22.3 Å². The molecule has 3 heterocycles. The summed E-state index contributed by atoms with van der Waals surface area (Å²) in [5.41, 5.74) is 8.01. The summed E-state index contributed by atoms with van der Waals surface area (Å²) in [6, 6.07) is 9.62. The number of fused-ring (bicyclic) bond motifs is 1. The van der Waals surface area contributed by atoms with Gasteiger partial charge in [0, 0.05) is 38.3 Å². The van der Waals surface area contributed by atoms with E-state index in [2.05, 4.69) is 33.5 Å². The molecule has 36 heavy (non-hydrogen) atoms. The van der Waals surface area contributed by atoms with Crippen molar-refractivity contribution in [2.24, 2.45) is 10.7 Å². The molecule has 1 saturated heterocycles. The summed E-state index contributed by atoms with van der Waals surface area (Å²) in [7, 11) is 1.99. The third-order valence-electron chi connectivity index (χ3n) is 7.31. The summed E-state index contributed by atoms with van der Waals surface area (Å²) in [5.74, 6) is 0.862. The summed E-state index contributed by atoms with van der Waals surface area (Å²) >= 11 is 6.27. The third-order valence-corrected chi connectivity index (χ3v) is 7.52. The van der Waals surface area contributed by atoms with Crippen molar-refractivity contribution >= 4 is 23.1 Å². The first-order chi connectivity index (χ1) is 17.2. The van der Waals surface area contributed by atoms with E-state index >= 15 is 0 Å². The molecule has 196 valence electrons. The summed E-state index contributed by atoms with van der Waals surface area (Å²) in [4.78, 5) is 16.4. The van der Waals surface area contributed by atoms with Crippen molar-refractivity contribution in [1.82, 2.24) is 14.8 Å². The highest BCUT2D eigenvalue weighted by Gasteiger charge is 2.39. The molecule has 2 aliphatic heterocycles. The second kappa shape index (κ2) is 10.9. The summed E-state index contributed by atoms with van der Waals surface area (Å²) < 4.78 is 39.4. The molecule has 1 unspecified atom stereocenters. The van der Waals surface area contributed by atoms with Crippen LogP contribution < -0.4 is 10.6 Å². The molecule has 6 nitrogen and oxygen atoms in total. The Hall–Kier alpha value is -2.36. The van der Waals surface area contributed by atoms with Crippen molar-refractivity contribution < 1.29 is 13.2 Å². The van der Waals surface area contributed by atoms with Gasteiger partial charge >= 0.3 is 6.18 Å². The van der Waals surface area contributed by atoms with Crippen molar-refractivity contribution in [2.45, 2.75) is 57.4 Å². The Bertz CT molecular complexity index is 1070. The zero-order chi connectivity index (χ0) is 26.0. The second-order valence-corrected chi connectivity index (χ2v) is 9.90. The quantitative estimate of drug-likeness (QED) is 0.530. The van der Waals surface area contributed by atoms with Gasteiger partial charge in [0.1, 0.15) is 17.5 Å². The Balaban J connectivity index is 1.65. The van der Waals surface area contributed by atoms with Crippen molar-refractivity contribution in [3.63, 3.8) is 0 Å². The Labute approximate surface area is 215 Å². The number of nitrogens with two attached hydrogens (primary N) is 1. The SMILES string of the molecule is CC[C@H]1CN(C(CCN)c2ccc(C(F)(F)F)cc2)[C@H](CC)CN1C1=NCN(C)c2ccc(Cl)nc21. The number of pyridine rings is 1. The molecule has 0 bridgehead atoms. The van der Waals surface area contributed by atoms with Gasteiger partial charge in [-0.25, -0.2) is 9.98 Å². The lowest BCUT2D eigenvalue weighted by molar-refractivity contribution is -0.137. The highest BCUT2D eigenvalue weighted by Crippen LogP contribution is 2.36. The number of halogens is 4. The molecular formula is C26H34ClF3N6. The van der Waals surface area contributed by atoms with Crippen LogP contribution in [0.5, 0.6) is 0 Å². The molecule has 2 N–H and O–H groups in total. The molecule has 0 radical (unpaired) electrons. The number of hydrogen-bond donors (Lipinski definition) is 1. The number of anilines is 1.